The predicted molar refractivity (Wildman–Crippen MR) is 125 cm³/mol. The smallest absolute Gasteiger partial charge is 0.273 e. The second-order valence-electron chi connectivity index (χ2n) is 7.21. The van der Waals surface area contributed by atoms with E-state index in [4.69, 9.17) is 0 Å². The predicted octanol–water partition coefficient (Wildman–Crippen LogP) is 4.18. The molecular weight excluding hydrogens is 494 g/mol. The van der Waals surface area contributed by atoms with Crippen LogP contribution in [0.2, 0.25) is 0 Å². The first-order chi connectivity index (χ1) is 15.9. The summed E-state index contributed by atoms with van der Waals surface area (Å²) in [6, 6.07) is 17.0. The number of carbonyl (C=O) groups is 1. The van der Waals surface area contributed by atoms with Crippen molar-refractivity contribution in [1.29, 1.82) is 0 Å². The van der Waals surface area contributed by atoms with Gasteiger partial charge in [0.05, 0.1) is 30.3 Å². The highest BCUT2D eigenvalue weighted by Crippen LogP contribution is 2.18. The maximum Gasteiger partial charge on any atom is 0.274 e. The first-order valence-corrected chi connectivity index (χ1v) is 10.7. The molecule has 9 heteroatoms. The number of halogens is 3. The van der Waals surface area contributed by atoms with E-state index in [1.807, 2.05) is 0 Å². The van der Waals surface area contributed by atoms with E-state index in [9.17, 15) is 18.4 Å². The summed E-state index contributed by atoms with van der Waals surface area (Å²) in [6.07, 6.45) is 1.24. The van der Waals surface area contributed by atoms with Gasteiger partial charge in [0.2, 0.25) is 5.91 Å². The number of fused-ring (bicyclic) bond motifs is 1. The Morgan fingerprint density at radius 2 is 1.79 bits per heavy atom. The van der Waals surface area contributed by atoms with Crippen LogP contribution in [0.4, 0.5) is 8.78 Å². The Hall–Kier alpha value is -3.72. The van der Waals surface area contributed by atoms with Gasteiger partial charge in [0, 0.05) is 15.4 Å². The average Bonchev–Trinajstić information content (AvgIpc) is 2.80. The van der Waals surface area contributed by atoms with Crippen LogP contribution in [-0.4, -0.2) is 21.9 Å². The number of carbonyl (C=O) groups excluding carboxylic acids is 1. The topological polar surface area (TPSA) is 76.3 Å². The van der Waals surface area contributed by atoms with Gasteiger partial charge >= 0.3 is 0 Å². The van der Waals surface area contributed by atoms with Gasteiger partial charge in [-0.15, -0.1) is 0 Å². The molecule has 33 heavy (non-hydrogen) atoms. The van der Waals surface area contributed by atoms with Crippen LogP contribution in [0.5, 0.6) is 0 Å². The molecule has 0 unspecified atom stereocenters. The fraction of sp³-hybridized carbons (Fsp3) is 0.0833. The van der Waals surface area contributed by atoms with Crippen LogP contribution in [0, 0.1) is 11.6 Å². The number of hydrogen-bond donors (Lipinski definition) is 1. The van der Waals surface area contributed by atoms with Gasteiger partial charge in [-0.25, -0.2) is 18.9 Å². The number of amides is 1. The molecule has 0 bridgehead atoms. The molecule has 3 aromatic carbocycles. The van der Waals surface area contributed by atoms with Crippen molar-refractivity contribution in [2.75, 3.05) is 0 Å². The second-order valence-corrected chi connectivity index (χ2v) is 8.13. The van der Waals surface area contributed by atoms with E-state index < -0.39 is 11.7 Å². The normalized spacial score (nSPS) is 11.2. The lowest BCUT2D eigenvalue weighted by molar-refractivity contribution is -0.120. The van der Waals surface area contributed by atoms with E-state index in [1.165, 1.54) is 36.5 Å². The third-order valence-electron chi connectivity index (χ3n) is 4.88. The van der Waals surface area contributed by atoms with E-state index in [0.29, 0.717) is 32.1 Å². The fourth-order valence-electron chi connectivity index (χ4n) is 3.27. The summed E-state index contributed by atoms with van der Waals surface area (Å²) in [7, 11) is 0. The Labute approximate surface area is 195 Å². The number of hydrazone groups is 1. The molecule has 166 valence electrons. The van der Waals surface area contributed by atoms with Crippen LogP contribution in [0.1, 0.15) is 16.8 Å². The van der Waals surface area contributed by atoms with Gasteiger partial charge in [-0.2, -0.15) is 10.2 Å². The third kappa shape index (κ3) is 5.38. The van der Waals surface area contributed by atoms with Crippen LogP contribution >= 0.6 is 15.9 Å². The summed E-state index contributed by atoms with van der Waals surface area (Å²) >= 11 is 3.21. The standard InChI is InChI=1S/C24H17BrF2N4O2/c25-17-8-7-16(21(27)11-17)14-31-24(33)20-4-2-1-3-19(20)22(30-31)12-23(32)29-28-13-15-5-9-18(26)10-6-15/h1-11,13H,12,14H2,(H,29,32)/b28-13+. The van der Waals surface area contributed by atoms with E-state index in [-0.39, 0.29) is 24.3 Å². The maximum atomic E-state index is 14.3. The molecule has 1 aromatic heterocycles. The lowest BCUT2D eigenvalue weighted by Gasteiger charge is -2.11. The van der Waals surface area contributed by atoms with Gasteiger partial charge in [0.25, 0.3) is 5.56 Å². The largest absolute Gasteiger partial charge is 0.274 e. The zero-order valence-electron chi connectivity index (χ0n) is 17.1. The van der Waals surface area contributed by atoms with Crippen molar-refractivity contribution in [2.45, 2.75) is 13.0 Å². The zero-order chi connectivity index (χ0) is 23.4. The fourth-order valence-corrected chi connectivity index (χ4v) is 3.61. The second kappa shape index (κ2) is 9.83. The van der Waals surface area contributed by atoms with Gasteiger partial charge in [-0.3, -0.25) is 9.59 Å². The van der Waals surface area contributed by atoms with Crippen LogP contribution in [0.3, 0.4) is 0 Å². The van der Waals surface area contributed by atoms with Crippen molar-refractivity contribution in [3.63, 3.8) is 0 Å². The molecule has 1 heterocycles. The molecule has 1 amide bonds. The summed E-state index contributed by atoms with van der Waals surface area (Å²) in [5.74, 6) is -1.29. The molecule has 0 radical (unpaired) electrons. The molecule has 6 nitrogen and oxygen atoms in total. The van der Waals surface area contributed by atoms with Crippen molar-refractivity contribution in [2.24, 2.45) is 5.10 Å². The van der Waals surface area contributed by atoms with Crippen molar-refractivity contribution >= 4 is 38.8 Å². The van der Waals surface area contributed by atoms with E-state index in [0.717, 1.165) is 4.68 Å². The van der Waals surface area contributed by atoms with Crippen molar-refractivity contribution in [1.82, 2.24) is 15.2 Å². The number of nitrogens with zero attached hydrogens (tertiary/aromatic N) is 3. The number of rotatable bonds is 6. The monoisotopic (exact) mass is 510 g/mol. The SMILES string of the molecule is O=C(Cc1nn(Cc2ccc(Br)cc2F)c(=O)c2ccccc12)N/N=C/c1ccc(F)cc1. The molecule has 0 atom stereocenters. The van der Waals surface area contributed by atoms with Gasteiger partial charge < -0.3 is 0 Å². The van der Waals surface area contributed by atoms with Crippen molar-refractivity contribution in [3.05, 3.63) is 110 Å². The summed E-state index contributed by atoms with van der Waals surface area (Å²) in [4.78, 5) is 25.4. The molecule has 0 saturated carbocycles. The average molecular weight is 511 g/mol. The van der Waals surface area contributed by atoms with Crippen LogP contribution in [0.25, 0.3) is 10.8 Å². The van der Waals surface area contributed by atoms with E-state index in [2.05, 4.69) is 31.6 Å². The Balaban J connectivity index is 1.59. The Kier molecular flexibility index (Phi) is 6.69. The minimum absolute atomic E-state index is 0.0832. The quantitative estimate of drug-likeness (QED) is 0.312. The van der Waals surface area contributed by atoms with Crippen LogP contribution in [0.15, 0.2) is 81.1 Å². The molecule has 0 aliphatic heterocycles. The molecule has 1 N–H and O–H groups in total. The summed E-state index contributed by atoms with van der Waals surface area (Å²) < 4.78 is 29.0. The molecular formula is C24H17BrF2N4O2. The summed E-state index contributed by atoms with van der Waals surface area (Å²) in [5, 5.41) is 9.14. The maximum absolute atomic E-state index is 14.3. The minimum atomic E-state index is -0.472. The van der Waals surface area contributed by atoms with Gasteiger partial charge in [-0.05, 0) is 35.9 Å². The highest BCUT2D eigenvalue weighted by molar-refractivity contribution is 9.10. The van der Waals surface area contributed by atoms with Gasteiger partial charge in [0.1, 0.15) is 11.6 Å². The number of hydrogen-bond acceptors (Lipinski definition) is 4. The summed E-state index contributed by atoms with van der Waals surface area (Å²) in [5.41, 5.74) is 3.29. The highest BCUT2D eigenvalue weighted by Gasteiger charge is 2.15. The molecule has 0 spiro atoms. The Bertz CT molecular complexity index is 1420. The van der Waals surface area contributed by atoms with Crippen molar-refractivity contribution in [3.8, 4) is 0 Å². The van der Waals surface area contributed by atoms with Crippen LogP contribution < -0.4 is 11.0 Å². The Morgan fingerprint density at radius 3 is 2.52 bits per heavy atom. The minimum Gasteiger partial charge on any atom is -0.273 e. The van der Waals surface area contributed by atoms with E-state index >= 15 is 0 Å². The number of nitrogens with one attached hydrogen (secondary N) is 1. The molecule has 0 aliphatic carbocycles. The van der Waals surface area contributed by atoms with E-state index in [1.54, 1.807) is 36.4 Å². The lowest BCUT2D eigenvalue weighted by atomic mass is 10.1. The molecule has 0 saturated heterocycles. The number of benzene rings is 3. The lowest BCUT2D eigenvalue weighted by Crippen LogP contribution is -2.28. The zero-order valence-corrected chi connectivity index (χ0v) is 18.7. The summed E-state index contributed by atoms with van der Waals surface area (Å²) in [6.45, 7) is -0.0832. The molecule has 0 fully saturated rings. The molecule has 4 aromatic rings. The van der Waals surface area contributed by atoms with Gasteiger partial charge in [-0.1, -0.05) is 52.3 Å². The number of aromatic nitrogens is 2. The highest BCUT2D eigenvalue weighted by atomic mass is 79.9. The molecule has 4 rings (SSSR count). The van der Waals surface area contributed by atoms with Crippen LogP contribution in [-0.2, 0) is 17.8 Å². The first kappa shape index (κ1) is 22.5. The van der Waals surface area contributed by atoms with Gasteiger partial charge in [0.15, 0.2) is 0 Å². The first-order valence-electron chi connectivity index (χ1n) is 9.91. The molecule has 0 aliphatic rings. The third-order valence-corrected chi connectivity index (χ3v) is 5.37. The Morgan fingerprint density at radius 1 is 1.06 bits per heavy atom. The van der Waals surface area contributed by atoms with Crippen molar-refractivity contribution < 1.29 is 13.6 Å².